The van der Waals surface area contributed by atoms with Gasteiger partial charge in [0.2, 0.25) is 11.8 Å². The number of carbonyl (C=O) groups is 3. The summed E-state index contributed by atoms with van der Waals surface area (Å²) in [5.74, 6) is -1.65. The summed E-state index contributed by atoms with van der Waals surface area (Å²) < 4.78 is 0. The predicted molar refractivity (Wildman–Crippen MR) is 176 cm³/mol. The Balaban J connectivity index is 1.85. The van der Waals surface area contributed by atoms with E-state index in [9.17, 15) is 24.9 Å². The molecule has 47 heavy (non-hydrogen) atoms. The zero-order chi connectivity index (χ0) is 34.1. The number of benzene rings is 4. The van der Waals surface area contributed by atoms with Crippen LogP contribution >= 0.6 is 0 Å². The second-order valence-corrected chi connectivity index (χ2v) is 12.7. The monoisotopic (exact) mass is 636 g/mol. The van der Waals surface area contributed by atoms with Crippen molar-refractivity contribution in [1.29, 1.82) is 0 Å². The Labute approximate surface area is 274 Å². The number of hydrogen-bond acceptors (Lipinski definition) is 7. The van der Waals surface area contributed by atoms with Crippen LogP contribution in [0, 0.1) is 33.1 Å². The van der Waals surface area contributed by atoms with Gasteiger partial charge in [0.05, 0.1) is 0 Å². The molecule has 5 rings (SSSR count). The van der Waals surface area contributed by atoms with Gasteiger partial charge in [0, 0.05) is 26.9 Å². The third-order valence-corrected chi connectivity index (χ3v) is 9.49. The van der Waals surface area contributed by atoms with Gasteiger partial charge < -0.3 is 0 Å². The van der Waals surface area contributed by atoms with Crippen LogP contribution in [0.3, 0.4) is 0 Å². The number of imide groups is 2. The predicted octanol–water partition coefficient (Wildman–Crippen LogP) is 6.90. The number of nitrogens with zero attached hydrogens (tertiary/aromatic N) is 2. The molecule has 0 radical (unpaired) electrons. The molecule has 0 saturated carbocycles. The summed E-state index contributed by atoms with van der Waals surface area (Å²) in [6, 6.07) is 28.1. The fraction of sp³-hybridized carbons (Fsp3) is 0.289. The van der Waals surface area contributed by atoms with Crippen LogP contribution in [0.5, 0.6) is 0 Å². The average molecular weight is 637 g/mol. The third-order valence-electron chi connectivity index (χ3n) is 9.49. The summed E-state index contributed by atoms with van der Waals surface area (Å²) in [7, 11) is 2.61. The highest BCUT2D eigenvalue weighted by atomic mass is 17.1. The number of hydrogen-bond donors (Lipinski definition) is 2. The van der Waals surface area contributed by atoms with E-state index in [1.165, 1.54) is 14.1 Å². The Morgan fingerprint density at radius 1 is 0.511 bits per heavy atom. The van der Waals surface area contributed by atoms with Gasteiger partial charge in [-0.2, -0.15) is 0 Å². The molecule has 244 valence electrons. The van der Waals surface area contributed by atoms with E-state index in [0.717, 1.165) is 32.1 Å². The van der Waals surface area contributed by atoms with Crippen molar-refractivity contribution in [2.24, 2.45) is 5.41 Å². The van der Waals surface area contributed by atoms with Gasteiger partial charge in [0.15, 0.2) is 11.2 Å². The molecule has 9 nitrogen and oxygen atoms in total. The van der Waals surface area contributed by atoms with Crippen molar-refractivity contribution in [3.05, 3.63) is 142 Å². The van der Waals surface area contributed by atoms with Gasteiger partial charge in [-0.1, -0.05) is 119 Å². The molecule has 0 spiro atoms. The maximum Gasteiger partial charge on any atom is 0.332 e. The Bertz CT molecular complexity index is 1540. The van der Waals surface area contributed by atoms with Crippen molar-refractivity contribution in [3.8, 4) is 0 Å². The molecular weight excluding hydrogens is 596 g/mol. The van der Waals surface area contributed by atoms with Crippen LogP contribution in [-0.4, -0.2) is 52.3 Å². The molecule has 0 aliphatic carbocycles. The maximum atomic E-state index is 14.7. The summed E-state index contributed by atoms with van der Waals surface area (Å²) in [5, 5.41) is 22.0. The summed E-state index contributed by atoms with van der Waals surface area (Å²) in [4.78, 5) is 55.4. The highest BCUT2D eigenvalue weighted by Crippen LogP contribution is 2.53. The first-order chi connectivity index (χ1) is 22.3. The average Bonchev–Trinajstić information content (AvgIpc) is 3.08. The normalized spacial score (nSPS) is 15.4. The number of amides is 4. The number of carbonyl (C=O) groups excluding carboxylic acids is 3. The molecule has 9 heteroatoms. The van der Waals surface area contributed by atoms with E-state index >= 15 is 0 Å². The van der Waals surface area contributed by atoms with Crippen LogP contribution in [-0.2, 0) is 30.6 Å². The Hall–Kier alpha value is -4.67. The van der Waals surface area contributed by atoms with Crippen LogP contribution in [0.1, 0.15) is 57.3 Å². The highest BCUT2D eigenvalue weighted by molar-refractivity contribution is 6.19. The fourth-order valence-electron chi connectivity index (χ4n) is 6.66. The van der Waals surface area contributed by atoms with Crippen molar-refractivity contribution >= 4 is 17.8 Å². The summed E-state index contributed by atoms with van der Waals surface area (Å²) >= 11 is 0. The standard InChI is InChI=1S/C38H40N2O7/c1-25-7-15-29(16-8-25)37(46-44,30-17-9-26(2)10-18-30)23-36(33(41)39(5)35(43)40(6)34(36)42)24-38(47-45,31-19-11-27(3)12-20-31)32-21-13-28(4)14-22-32/h7-22,44-45H,23-24H2,1-6H3. The first kappa shape index (κ1) is 33.7. The first-order valence-electron chi connectivity index (χ1n) is 15.4. The summed E-state index contributed by atoms with van der Waals surface area (Å²) in [6.45, 7) is 7.66. The second kappa shape index (κ2) is 12.8. The van der Waals surface area contributed by atoms with Crippen molar-refractivity contribution in [1.82, 2.24) is 9.80 Å². The van der Waals surface area contributed by atoms with E-state index in [4.69, 9.17) is 9.78 Å². The first-order valence-corrected chi connectivity index (χ1v) is 15.4. The Kier molecular flexibility index (Phi) is 9.21. The van der Waals surface area contributed by atoms with Crippen LogP contribution < -0.4 is 0 Å². The van der Waals surface area contributed by atoms with Crippen LogP contribution in [0.2, 0.25) is 0 Å². The highest BCUT2D eigenvalue weighted by Gasteiger charge is 2.63. The van der Waals surface area contributed by atoms with Crippen LogP contribution in [0.25, 0.3) is 0 Å². The number of barbiturate groups is 1. The van der Waals surface area contributed by atoms with E-state index in [-0.39, 0.29) is 0 Å². The van der Waals surface area contributed by atoms with Gasteiger partial charge in [-0.3, -0.25) is 29.9 Å². The fourth-order valence-corrected chi connectivity index (χ4v) is 6.66. The maximum absolute atomic E-state index is 14.7. The van der Waals surface area contributed by atoms with E-state index in [1.807, 2.05) is 76.2 Å². The lowest BCUT2D eigenvalue weighted by Crippen LogP contribution is -2.66. The number of aryl methyl sites for hydroxylation is 4. The summed E-state index contributed by atoms with van der Waals surface area (Å²) in [5.41, 5.74) is -0.0324. The minimum absolute atomic E-state index is 0.453. The molecule has 2 N–H and O–H groups in total. The molecule has 0 atom stereocenters. The minimum atomic E-state index is -2.13. The van der Waals surface area contributed by atoms with Gasteiger partial charge in [0.1, 0.15) is 5.41 Å². The molecular formula is C38H40N2O7. The Morgan fingerprint density at radius 3 is 0.957 bits per heavy atom. The van der Waals surface area contributed by atoms with Gasteiger partial charge in [-0.25, -0.2) is 14.6 Å². The van der Waals surface area contributed by atoms with E-state index < -0.39 is 47.3 Å². The molecule has 4 amide bonds. The molecule has 0 aromatic heterocycles. The minimum Gasteiger partial charge on any atom is -0.273 e. The third kappa shape index (κ3) is 5.76. The van der Waals surface area contributed by atoms with E-state index in [2.05, 4.69) is 0 Å². The molecule has 1 heterocycles. The zero-order valence-electron chi connectivity index (χ0n) is 27.5. The molecule has 1 saturated heterocycles. The molecule has 0 unspecified atom stereocenters. The molecule has 1 aliphatic heterocycles. The molecule has 0 bridgehead atoms. The van der Waals surface area contributed by atoms with E-state index in [0.29, 0.717) is 22.3 Å². The molecule has 4 aromatic rings. The second-order valence-electron chi connectivity index (χ2n) is 12.7. The number of rotatable bonds is 10. The topological polar surface area (TPSA) is 117 Å². The lowest BCUT2D eigenvalue weighted by Gasteiger charge is -2.49. The number of urea groups is 1. The van der Waals surface area contributed by atoms with Crippen molar-refractivity contribution in [3.63, 3.8) is 0 Å². The quantitative estimate of drug-likeness (QED) is 0.110. The molecule has 1 aliphatic rings. The van der Waals surface area contributed by atoms with Crippen molar-refractivity contribution in [2.75, 3.05) is 14.1 Å². The smallest absolute Gasteiger partial charge is 0.273 e. The van der Waals surface area contributed by atoms with Crippen LogP contribution in [0.15, 0.2) is 97.1 Å². The Morgan fingerprint density at radius 2 is 0.745 bits per heavy atom. The summed E-state index contributed by atoms with van der Waals surface area (Å²) in [6.07, 6.45) is -0.907. The molecule has 4 aromatic carbocycles. The van der Waals surface area contributed by atoms with Gasteiger partial charge in [-0.05, 0) is 49.9 Å². The van der Waals surface area contributed by atoms with Gasteiger partial charge in [-0.15, -0.1) is 0 Å². The van der Waals surface area contributed by atoms with Gasteiger partial charge in [0.25, 0.3) is 0 Å². The van der Waals surface area contributed by atoms with Gasteiger partial charge >= 0.3 is 6.03 Å². The largest absolute Gasteiger partial charge is 0.332 e. The lowest BCUT2D eigenvalue weighted by atomic mass is 9.62. The van der Waals surface area contributed by atoms with Crippen molar-refractivity contribution in [2.45, 2.75) is 51.7 Å². The zero-order valence-corrected chi connectivity index (χ0v) is 27.5. The molecule has 1 fully saturated rings. The van der Waals surface area contributed by atoms with Crippen LogP contribution in [0.4, 0.5) is 4.79 Å². The van der Waals surface area contributed by atoms with Crippen molar-refractivity contribution < 1.29 is 34.7 Å². The SMILES string of the molecule is Cc1ccc(C(CC2(CC(OO)(c3ccc(C)cc3)c3ccc(C)cc3)C(=O)N(C)C(=O)N(C)C2=O)(OO)c2ccc(C)cc2)cc1. The lowest BCUT2D eigenvalue weighted by molar-refractivity contribution is -0.333. The van der Waals surface area contributed by atoms with E-state index in [1.54, 1.807) is 48.5 Å².